The minimum Gasteiger partial charge on any atom is -0.512 e. The molecule has 5 aliphatic rings. The van der Waals surface area contributed by atoms with Crippen LogP contribution in [-0.2, 0) is 14.3 Å². The van der Waals surface area contributed by atoms with Crippen LogP contribution in [0.5, 0.6) is 0 Å². The number of H-pyrrole nitrogens is 1. The van der Waals surface area contributed by atoms with Gasteiger partial charge < -0.3 is 41.0 Å². The average molecular weight is 621 g/mol. The highest BCUT2D eigenvalue weighted by Gasteiger charge is 2.49. The van der Waals surface area contributed by atoms with Gasteiger partial charge in [0.05, 0.1) is 24.3 Å². The van der Waals surface area contributed by atoms with E-state index in [0.29, 0.717) is 41.2 Å². The minimum absolute atomic E-state index is 0.00201. The number of rotatable bonds is 5. The molecule has 10 heteroatoms. The number of fused-ring (bicyclic) bond motifs is 8. The molecule has 1 aliphatic carbocycles. The number of aliphatic carboxylic acids is 1. The third-order valence-electron chi connectivity index (χ3n) is 11.6. The summed E-state index contributed by atoms with van der Waals surface area (Å²) in [6.45, 7) is 12.4. The molecule has 8 bridgehead atoms. The second kappa shape index (κ2) is 11.6. The molecule has 1 aromatic rings. The Bertz CT molecular complexity index is 1650. The molecule has 5 heterocycles. The van der Waals surface area contributed by atoms with Crippen LogP contribution in [0.25, 0.3) is 17.4 Å². The van der Waals surface area contributed by atoms with Crippen LogP contribution in [0.2, 0.25) is 0 Å². The molecular weight excluding hydrogens is 572 g/mol. The van der Waals surface area contributed by atoms with Gasteiger partial charge in [0.1, 0.15) is 11.7 Å². The van der Waals surface area contributed by atoms with Crippen molar-refractivity contribution >= 4 is 29.3 Å². The minimum atomic E-state index is -0.981. The largest absolute Gasteiger partial charge is 0.512 e. The Balaban J connectivity index is 1.58. The number of hydrogen-bond donors (Lipinski definition) is 7. The third kappa shape index (κ3) is 4.96. The number of aromatic amines is 1. The molecule has 6 rings (SSSR count). The lowest BCUT2D eigenvalue weighted by atomic mass is 9.79. The number of allylic oxidation sites excluding steroid dienone is 2. The normalized spacial score (nSPS) is 36.1. The van der Waals surface area contributed by atoms with Gasteiger partial charge in [0.15, 0.2) is 0 Å². The van der Waals surface area contributed by atoms with E-state index in [2.05, 4.69) is 54.7 Å². The Kier molecular flexibility index (Phi) is 8.08. The van der Waals surface area contributed by atoms with Gasteiger partial charge in [0, 0.05) is 64.8 Å². The molecule has 45 heavy (non-hydrogen) atoms. The maximum atomic E-state index is 13.3. The van der Waals surface area contributed by atoms with E-state index in [1.807, 2.05) is 6.92 Å². The van der Waals surface area contributed by atoms with Gasteiger partial charge in [-0.1, -0.05) is 20.8 Å². The molecule has 4 aliphatic heterocycles. The van der Waals surface area contributed by atoms with Gasteiger partial charge in [-0.25, -0.2) is 0 Å². The van der Waals surface area contributed by atoms with E-state index < -0.39 is 17.9 Å². The number of carbonyl (C=O) groups excluding carboxylic acids is 1. The summed E-state index contributed by atoms with van der Waals surface area (Å²) in [6.07, 6.45) is 5.02. The lowest BCUT2D eigenvalue weighted by Gasteiger charge is -2.26. The zero-order valence-corrected chi connectivity index (χ0v) is 27.4. The van der Waals surface area contributed by atoms with Gasteiger partial charge in [-0.3, -0.25) is 9.59 Å². The number of carboxylic acids is 1. The topological polar surface area (TPSA) is 156 Å². The van der Waals surface area contributed by atoms with E-state index in [1.54, 1.807) is 6.92 Å². The number of hydrogen-bond acceptors (Lipinski definition) is 8. The van der Waals surface area contributed by atoms with Crippen molar-refractivity contribution in [1.29, 1.82) is 0 Å². The molecule has 0 radical (unpaired) electrons. The van der Waals surface area contributed by atoms with E-state index in [9.17, 15) is 24.9 Å². The van der Waals surface area contributed by atoms with Crippen molar-refractivity contribution < 1.29 is 29.6 Å². The number of carbonyl (C=O) groups is 2. The number of aromatic nitrogens is 1. The van der Waals surface area contributed by atoms with Crippen LogP contribution in [0.1, 0.15) is 78.0 Å². The Labute approximate surface area is 264 Å². The molecule has 0 saturated carbocycles. The van der Waals surface area contributed by atoms with Crippen molar-refractivity contribution in [2.75, 3.05) is 7.11 Å². The predicted molar refractivity (Wildman–Crippen MR) is 172 cm³/mol. The maximum Gasteiger partial charge on any atom is 0.320 e. The number of methoxy groups -OCH3 is 1. The van der Waals surface area contributed by atoms with E-state index in [0.717, 1.165) is 52.0 Å². The molecule has 2 saturated heterocycles. The number of nitrogens with one attached hydrogen (secondary N) is 4. The molecule has 3 unspecified atom stereocenters. The Hall–Kier alpha value is -3.66. The van der Waals surface area contributed by atoms with E-state index in [1.165, 1.54) is 7.11 Å². The maximum absolute atomic E-state index is 13.3. The van der Waals surface area contributed by atoms with Gasteiger partial charge in [0.25, 0.3) is 0 Å². The fourth-order valence-corrected chi connectivity index (χ4v) is 9.20. The number of esters is 1. The molecule has 10 nitrogen and oxygen atoms in total. The second-order valence-electron chi connectivity index (χ2n) is 13.9. The standard InChI is InChI=1S/C35H48N4O6/c1-8-19-14(2)21-13-26-28(18(6)40)16(4)23(37-26)11-22-15(3)20(9-10-27(41)42)32(38-22)30-31(35(44)45-7)34(43)29-17(5)24(39-33(29)30)12-25(19)36-21/h12,14-15,19-22,26,31-32,36-40,43H,8-11,13H2,1-7H3,(H,41,42)/b25-12-,28-18-/t14-,15+,19-,20+,21?,22?,26?,31-,32+/m1/s1. The highest BCUT2D eigenvalue weighted by atomic mass is 16.5. The SMILES string of the molecule is CC[C@H]1/C2=C/c3[nH]c4c(c3C)=C(O)[C@H](C(=O)OC)C=4[C@H]3NC(CC4=C(C)/C(=C(\C)O)C(CC(N2)[C@@H]1C)N4)[C@@H](C)[C@@H]3CCC(=O)O. The summed E-state index contributed by atoms with van der Waals surface area (Å²) in [5, 5.41) is 45.0. The summed E-state index contributed by atoms with van der Waals surface area (Å²) in [4.78, 5) is 28.7. The molecule has 1 aromatic heterocycles. The number of aliphatic hydroxyl groups excluding tert-OH is 2. The van der Waals surface area contributed by atoms with E-state index in [-0.39, 0.29) is 48.2 Å². The zero-order chi connectivity index (χ0) is 32.5. The molecule has 0 spiro atoms. The van der Waals surface area contributed by atoms with Crippen LogP contribution < -0.4 is 26.5 Å². The smallest absolute Gasteiger partial charge is 0.320 e. The van der Waals surface area contributed by atoms with Crippen LogP contribution in [-0.4, -0.2) is 63.5 Å². The van der Waals surface area contributed by atoms with Crippen molar-refractivity contribution in [3.05, 3.63) is 50.1 Å². The Morgan fingerprint density at radius 2 is 1.82 bits per heavy atom. The lowest BCUT2D eigenvalue weighted by Crippen LogP contribution is -2.40. The zero-order valence-electron chi connectivity index (χ0n) is 27.4. The summed E-state index contributed by atoms with van der Waals surface area (Å²) < 4.78 is 5.23. The van der Waals surface area contributed by atoms with Gasteiger partial charge in [-0.15, -0.1) is 0 Å². The van der Waals surface area contributed by atoms with Crippen LogP contribution in [0.15, 0.2) is 28.3 Å². The van der Waals surface area contributed by atoms with Gasteiger partial charge in [-0.2, -0.15) is 0 Å². The van der Waals surface area contributed by atoms with Crippen LogP contribution in [0.4, 0.5) is 0 Å². The summed E-state index contributed by atoms with van der Waals surface area (Å²) in [7, 11) is 1.33. The van der Waals surface area contributed by atoms with Crippen molar-refractivity contribution in [3.63, 3.8) is 0 Å². The van der Waals surface area contributed by atoms with Crippen LogP contribution in [0.3, 0.4) is 0 Å². The van der Waals surface area contributed by atoms with Gasteiger partial charge >= 0.3 is 11.9 Å². The lowest BCUT2D eigenvalue weighted by molar-refractivity contribution is -0.142. The first-order valence-corrected chi connectivity index (χ1v) is 16.4. The molecule has 9 atom stereocenters. The number of ether oxygens (including phenoxy) is 1. The van der Waals surface area contributed by atoms with Crippen molar-refractivity contribution in [3.8, 4) is 0 Å². The quantitative estimate of drug-likeness (QED) is 0.194. The first kappa shape index (κ1) is 31.3. The molecule has 2 fully saturated rings. The summed E-state index contributed by atoms with van der Waals surface area (Å²) in [5.41, 5.74) is 6.66. The highest BCUT2D eigenvalue weighted by Crippen LogP contribution is 2.44. The van der Waals surface area contributed by atoms with Crippen molar-refractivity contribution in [2.45, 2.75) is 97.8 Å². The molecule has 0 aromatic carbocycles. The van der Waals surface area contributed by atoms with Crippen LogP contribution >= 0.6 is 0 Å². The molecule has 244 valence electrons. The summed E-state index contributed by atoms with van der Waals surface area (Å²) >= 11 is 0. The molecule has 7 N–H and O–H groups in total. The summed E-state index contributed by atoms with van der Waals surface area (Å²) in [5.74, 6) is -1.45. The first-order chi connectivity index (χ1) is 21.4. The predicted octanol–water partition coefficient (Wildman–Crippen LogP) is 3.25. The van der Waals surface area contributed by atoms with Gasteiger partial charge in [-0.05, 0) is 80.6 Å². The van der Waals surface area contributed by atoms with Crippen molar-refractivity contribution in [2.24, 2.45) is 29.6 Å². The first-order valence-electron chi connectivity index (χ1n) is 16.4. The highest BCUT2D eigenvalue weighted by molar-refractivity contribution is 5.95. The number of carboxylic acid groups (broad SMARTS) is 1. The number of aliphatic hydroxyl groups is 2. The molecular formula is C35H48N4O6. The molecule has 0 amide bonds. The average Bonchev–Trinajstić information content (AvgIpc) is 3.72. The summed E-state index contributed by atoms with van der Waals surface area (Å²) in [6, 6.07) is -0.250. The third-order valence-corrected chi connectivity index (χ3v) is 11.6. The van der Waals surface area contributed by atoms with Crippen molar-refractivity contribution in [1.82, 2.24) is 20.9 Å². The van der Waals surface area contributed by atoms with Crippen LogP contribution in [0, 0.1) is 36.5 Å². The fourth-order valence-electron chi connectivity index (χ4n) is 9.20. The van der Waals surface area contributed by atoms with E-state index >= 15 is 0 Å². The monoisotopic (exact) mass is 620 g/mol. The Morgan fingerprint density at radius 3 is 2.47 bits per heavy atom. The van der Waals surface area contributed by atoms with E-state index in [4.69, 9.17) is 4.74 Å². The fraction of sp³-hybridized carbons (Fsp3) is 0.600. The second-order valence-corrected chi connectivity index (χ2v) is 13.9. The van der Waals surface area contributed by atoms with Gasteiger partial charge in [0.2, 0.25) is 0 Å². The Morgan fingerprint density at radius 1 is 1.09 bits per heavy atom.